The van der Waals surface area contributed by atoms with Crippen molar-refractivity contribution in [1.82, 2.24) is 4.90 Å². The first-order chi connectivity index (χ1) is 12.2. The summed E-state index contributed by atoms with van der Waals surface area (Å²) in [5.41, 5.74) is -1.86. The van der Waals surface area contributed by atoms with Crippen molar-refractivity contribution in [3.05, 3.63) is 11.9 Å². The summed E-state index contributed by atoms with van der Waals surface area (Å²) >= 11 is 0. The second-order valence-corrected chi connectivity index (χ2v) is 7.76. The second-order valence-electron chi connectivity index (χ2n) is 7.76. The highest BCUT2D eigenvalue weighted by Crippen LogP contribution is 2.20. The molecule has 0 rings (SSSR count). The zero-order valence-corrected chi connectivity index (χ0v) is 17.0. The van der Waals surface area contributed by atoms with Gasteiger partial charge in [0.1, 0.15) is 23.1 Å². The Morgan fingerprint density at radius 1 is 1.04 bits per heavy atom. The van der Waals surface area contributed by atoms with E-state index < -0.39 is 47.8 Å². The largest absolute Gasteiger partial charge is 0.467 e. The van der Waals surface area contributed by atoms with Gasteiger partial charge in [0, 0.05) is 0 Å². The number of aliphatic hydroxyl groups excluding tert-OH is 1. The van der Waals surface area contributed by atoms with Gasteiger partial charge in [0.15, 0.2) is 0 Å². The topological polar surface area (TPSA) is 102 Å². The first kappa shape index (κ1) is 24.8. The number of rotatable bonds is 6. The van der Waals surface area contributed by atoms with Crippen LogP contribution in [0, 0.1) is 0 Å². The lowest BCUT2D eigenvalue weighted by Crippen LogP contribution is -2.52. The number of allylic oxidation sites excluding steroid dienone is 1. The summed E-state index contributed by atoms with van der Waals surface area (Å²) in [5.74, 6) is -1.68. The summed E-state index contributed by atoms with van der Waals surface area (Å²) in [6, 6.07) is -1.39. The number of halogens is 1. The van der Waals surface area contributed by atoms with Crippen molar-refractivity contribution in [2.75, 3.05) is 13.7 Å². The van der Waals surface area contributed by atoms with Gasteiger partial charge in [-0.2, -0.15) is 4.90 Å². The van der Waals surface area contributed by atoms with Crippen LogP contribution < -0.4 is 0 Å². The number of carbonyl (C=O) groups excluding carboxylic acids is 3. The molecule has 27 heavy (non-hydrogen) atoms. The molecule has 0 saturated carbocycles. The molecule has 0 aliphatic heterocycles. The van der Waals surface area contributed by atoms with E-state index in [1.165, 1.54) is 0 Å². The second kappa shape index (κ2) is 10.2. The SMILES string of the molecule is COC(=O)[C@H](CC/C=C(/F)CO)N(C(=O)OC(C)(C)C)C(=O)OC(C)(C)C. The Morgan fingerprint density at radius 3 is 1.81 bits per heavy atom. The Balaban J connectivity index is 5.77. The normalized spacial score (nSPS) is 13.6. The molecule has 2 amide bonds. The van der Waals surface area contributed by atoms with Crippen molar-refractivity contribution in [1.29, 1.82) is 0 Å². The molecule has 0 saturated heterocycles. The van der Waals surface area contributed by atoms with E-state index in [1.54, 1.807) is 41.5 Å². The highest BCUT2D eigenvalue weighted by molar-refractivity contribution is 5.94. The number of nitrogens with zero attached hydrogens (tertiary/aromatic N) is 1. The highest BCUT2D eigenvalue weighted by atomic mass is 19.1. The predicted octanol–water partition coefficient (Wildman–Crippen LogP) is 3.33. The van der Waals surface area contributed by atoms with Gasteiger partial charge in [0.25, 0.3) is 0 Å². The van der Waals surface area contributed by atoms with Crippen LogP contribution in [0.25, 0.3) is 0 Å². The number of methoxy groups -OCH3 is 1. The molecule has 8 nitrogen and oxygen atoms in total. The average Bonchev–Trinajstić information content (AvgIpc) is 2.49. The molecular formula is C18H30FNO7. The zero-order chi connectivity index (χ0) is 21.4. The van der Waals surface area contributed by atoms with Gasteiger partial charge < -0.3 is 19.3 Å². The van der Waals surface area contributed by atoms with Crippen molar-refractivity contribution < 1.29 is 38.1 Å². The summed E-state index contributed by atoms with van der Waals surface area (Å²) in [4.78, 5) is 37.9. The number of amides is 2. The van der Waals surface area contributed by atoms with Gasteiger partial charge >= 0.3 is 18.2 Å². The first-order valence-corrected chi connectivity index (χ1v) is 8.50. The Hall–Kier alpha value is -2.16. The van der Waals surface area contributed by atoms with Gasteiger partial charge in [-0.15, -0.1) is 0 Å². The molecule has 9 heteroatoms. The highest BCUT2D eigenvalue weighted by Gasteiger charge is 2.40. The summed E-state index contributed by atoms with van der Waals surface area (Å²) in [5, 5.41) is 8.70. The van der Waals surface area contributed by atoms with Crippen molar-refractivity contribution in [2.45, 2.75) is 71.6 Å². The molecule has 0 aliphatic carbocycles. The molecule has 0 heterocycles. The van der Waals surface area contributed by atoms with Crippen LogP contribution in [0.5, 0.6) is 0 Å². The molecule has 0 aromatic rings. The lowest BCUT2D eigenvalue weighted by atomic mass is 10.1. The molecular weight excluding hydrogens is 361 g/mol. The molecule has 0 unspecified atom stereocenters. The van der Waals surface area contributed by atoms with E-state index in [-0.39, 0.29) is 12.8 Å². The fourth-order valence-electron chi connectivity index (χ4n) is 1.90. The van der Waals surface area contributed by atoms with E-state index in [2.05, 4.69) is 4.74 Å². The molecule has 1 N–H and O–H groups in total. The monoisotopic (exact) mass is 391 g/mol. The molecule has 0 aromatic heterocycles. The van der Waals surface area contributed by atoms with Crippen LogP contribution in [-0.4, -0.2) is 59.1 Å². The minimum Gasteiger partial charge on any atom is -0.467 e. The van der Waals surface area contributed by atoms with Crippen LogP contribution in [0.3, 0.4) is 0 Å². The number of hydrogen-bond donors (Lipinski definition) is 1. The fourth-order valence-corrected chi connectivity index (χ4v) is 1.90. The van der Waals surface area contributed by atoms with E-state index >= 15 is 0 Å². The van der Waals surface area contributed by atoms with Crippen LogP contribution in [0.2, 0.25) is 0 Å². The van der Waals surface area contributed by atoms with Crippen LogP contribution in [0.4, 0.5) is 14.0 Å². The third-order valence-electron chi connectivity index (χ3n) is 2.92. The molecule has 0 spiro atoms. The molecule has 1 atom stereocenters. The Bertz CT molecular complexity index is 533. The summed E-state index contributed by atoms with van der Waals surface area (Å²) < 4.78 is 28.2. The zero-order valence-electron chi connectivity index (χ0n) is 17.0. The minimum atomic E-state index is -1.39. The van der Waals surface area contributed by atoms with Gasteiger partial charge in [0.05, 0.1) is 13.7 Å². The number of imide groups is 1. The maximum Gasteiger partial charge on any atom is 0.420 e. The van der Waals surface area contributed by atoms with E-state index in [9.17, 15) is 18.8 Å². The number of ether oxygens (including phenoxy) is 3. The van der Waals surface area contributed by atoms with Gasteiger partial charge in [-0.05, 0) is 54.4 Å². The molecule has 0 aromatic carbocycles. The van der Waals surface area contributed by atoms with Crippen molar-refractivity contribution in [3.8, 4) is 0 Å². The summed E-state index contributed by atoms with van der Waals surface area (Å²) in [6.45, 7) is 8.82. The van der Waals surface area contributed by atoms with Crippen molar-refractivity contribution in [3.63, 3.8) is 0 Å². The van der Waals surface area contributed by atoms with Crippen molar-refractivity contribution >= 4 is 18.2 Å². The summed E-state index contributed by atoms with van der Waals surface area (Å²) in [6.07, 6.45) is -1.29. The smallest absolute Gasteiger partial charge is 0.420 e. The first-order valence-electron chi connectivity index (χ1n) is 8.50. The van der Waals surface area contributed by atoms with Crippen LogP contribution in [0.15, 0.2) is 11.9 Å². The van der Waals surface area contributed by atoms with E-state index in [0.29, 0.717) is 4.90 Å². The van der Waals surface area contributed by atoms with Crippen LogP contribution in [0.1, 0.15) is 54.4 Å². The maximum absolute atomic E-state index is 13.1. The molecule has 0 aliphatic rings. The van der Waals surface area contributed by atoms with Gasteiger partial charge in [-0.25, -0.2) is 18.8 Å². The average molecular weight is 391 g/mol. The lowest BCUT2D eigenvalue weighted by molar-refractivity contribution is -0.146. The lowest BCUT2D eigenvalue weighted by Gasteiger charge is -2.32. The fraction of sp³-hybridized carbons (Fsp3) is 0.722. The minimum absolute atomic E-state index is 0.0335. The number of esters is 1. The van der Waals surface area contributed by atoms with Crippen LogP contribution in [-0.2, 0) is 19.0 Å². The number of aliphatic hydroxyl groups is 1. The number of carbonyl (C=O) groups is 3. The van der Waals surface area contributed by atoms with E-state index in [4.69, 9.17) is 14.6 Å². The van der Waals surface area contributed by atoms with Crippen molar-refractivity contribution in [2.24, 2.45) is 0 Å². The number of hydrogen-bond acceptors (Lipinski definition) is 7. The summed E-state index contributed by atoms with van der Waals surface area (Å²) in [7, 11) is 1.10. The van der Waals surface area contributed by atoms with Gasteiger partial charge in [-0.3, -0.25) is 0 Å². The Kier molecular flexibility index (Phi) is 9.43. The molecule has 0 radical (unpaired) electrons. The molecule has 156 valence electrons. The quantitative estimate of drug-likeness (QED) is 0.547. The van der Waals surface area contributed by atoms with Gasteiger partial charge in [0.2, 0.25) is 0 Å². The van der Waals surface area contributed by atoms with Crippen LogP contribution >= 0.6 is 0 Å². The third kappa shape index (κ3) is 9.93. The predicted molar refractivity (Wildman–Crippen MR) is 95.6 cm³/mol. The van der Waals surface area contributed by atoms with Gasteiger partial charge in [-0.1, -0.05) is 6.08 Å². The molecule has 0 fully saturated rings. The molecule has 0 bridgehead atoms. The standard InChI is InChI=1S/C18H30FNO7/c1-17(2,3)26-15(23)20(16(24)27-18(4,5)6)13(14(22)25-7)10-8-9-12(19)11-21/h9,13,21H,8,10-11H2,1-7H3/b12-9+/t13-/m0/s1. The Morgan fingerprint density at radius 2 is 1.48 bits per heavy atom. The van der Waals surface area contributed by atoms with E-state index in [0.717, 1.165) is 13.2 Å². The maximum atomic E-state index is 13.1. The third-order valence-corrected chi connectivity index (χ3v) is 2.92. The Labute approximate surface area is 159 Å². The van der Waals surface area contributed by atoms with E-state index in [1.807, 2.05) is 0 Å².